The number of fused-ring (bicyclic) bond motifs is 2. The average molecular weight is 437 g/mol. The first kappa shape index (κ1) is 20.7. The maximum atomic E-state index is 13.2. The van der Waals surface area contributed by atoms with Gasteiger partial charge in [-0.1, -0.05) is 36.4 Å². The predicted octanol–water partition coefficient (Wildman–Crippen LogP) is 3.05. The molecule has 3 aromatic carbocycles. The van der Waals surface area contributed by atoms with Gasteiger partial charge in [0.2, 0.25) is 0 Å². The highest BCUT2D eigenvalue weighted by Crippen LogP contribution is 2.40. The Balaban J connectivity index is 1.95. The topological polar surface area (TPSA) is 153 Å². The zero-order chi connectivity index (χ0) is 22.5. The molecule has 0 heterocycles. The number of anilines is 3. The van der Waals surface area contributed by atoms with Crippen LogP contribution >= 0.6 is 0 Å². The first-order valence-corrected chi connectivity index (χ1v) is 10.8. The fourth-order valence-electron chi connectivity index (χ4n) is 3.63. The van der Waals surface area contributed by atoms with Gasteiger partial charge in [0.25, 0.3) is 10.1 Å². The molecule has 9 heteroatoms. The van der Waals surface area contributed by atoms with Gasteiger partial charge in [0, 0.05) is 22.9 Å². The van der Waals surface area contributed by atoms with E-state index in [9.17, 15) is 22.6 Å². The van der Waals surface area contributed by atoms with E-state index in [1.807, 2.05) is 6.92 Å². The number of nitrogen functional groups attached to an aromatic ring is 1. The Kier molecular flexibility index (Phi) is 4.89. The summed E-state index contributed by atoms with van der Waals surface area (Å²) in [6.07, 6.45) is 0. The fourth-order valence-corrected chi connectivity index (χ4v) is 4.28. The summed E-state index contributed by atoms with van der Waals surface area (Å²) in [5, 5.41) is 2.97. The molecule has 0 aliphatic heterocycles. The second-order valence-electron chi connectivity index (χ2n) is 7.30. The molecule has 1 unspecified atom stereocenters. The van der Waals surface area contributed by atoms with Crippen molar-refractivity contribution in [1.29, 1.82) is 0 Å². The van der Waals surface area contributed by atoms with E-state index in [2.05, 4.69) is 5.32 Å². The van der Waals surface area contributed by atoms with Gasteiger partial charge in [-0.3, -0.25) is 14.1 Å². The number of nitrogens with two attached hydrogens (primary N) is 2. The van der Waals surface area contributed by atoms with E-state index in [-0.39, 0.29) is 34.0 Å². The molecule has 0 spiro atoms. The van der Waals surface area contributed by atoms with Crippen molar-refractivity contribution in [3.8, 4) is 0 Å². The number of nitrogens with one attached hydrogen (secondary N) is 1. The van der Waals surface area contributed by atoms with Crippen molar-refractivity contribution in [3.05, 3.63) is 82.4 Å². The molecular weight excluding hydrogens is 418 g/mol. The fraction of sp³-hybridized carbons (Fsp3) is 0.0909. The SMILES string of the molecule is CC(N)c1ccc(Nc2cc(S(=O)(=O)O)c(N)c3c2C(=O)c2ccccc2C3=O)cc1. The summed E-state index contributed by atoms with van der Waals surface area (Å²) in [4.78, 5) is 25.7. The van der Waals surface area contributed by atoms with Crippen LogP contribution in [0.5, 0.6) is 0 Å². The van der Waals surface area contributed by atoms with Crippen molar-refractivity contribution in [3.63, 3.8) is 0 Å². The molecule has 3 aromatic rings. The van der Waals surface area contributed by atoms with Crippen LogP contribution in [0, 0.1) is 0 Å². The van der Waals surface area contributed by atoms with Crippen molar-refractivity contribution in [2.24, 2.45) is 5.73 Å². The molecule has 0 fully saturated rings. The Morgan fingerprint density at radius 1 is 0.935 bits per heavy atom. The van der Waals surface area contributed by atoms with Crippen molar-refractivity contribution in [2.75, 3.05) is 11.1 Å². The number of carbonyl (C=O) groups is 2. The Morgan fingerprint density at radius 2 is 1.48 bits per heavy atom. The summed E-state index contributed by atoms with van der Waals surface area (Å²) in [7, 11) is -4.76. The molecule has 1 atom stereocenters. The third kappa shape index (κ3) is 3.48. The molecule has 0 bridgehead atoms. The van der Waals surface area contributed by atoms with Crippen molar-refractivity contribution in [2.45, 2.75) is 17.9 Å². The number of rotatable bonds is 4. The number of carbonyl (C=O) groups excluding carboxylic acids is 2. The van der Waals surface area contributed by atoms with E-state index in [0.29, 0.717) is 5.69 Å². The maximum absolute atomic E-state index is 13.2. The van der Waals surface area contributed by atoms with Crippen LogP contribution in [0.1, 0.15) is 50.4 Å². The summed E-state index contributed by atoms with van der Waals surface area (Å²) in [6, 6.07) is 14.1. The molecule has 0 saturated carbocycles. The van der Waals surface area contributed by atoms with Crippen LogP contribution in [0.15, 0.2) is 59.5 Å². The zero-order valence-corrected chi connectivity index (χ0v) is 17.2. The van der Waals surface area contributed by atoms with Crippen LogP contribution in [0.2, 0.25) is 0 Å². The molecule has 8 nitrogen and oxygen atoms in total. The van der Waals surface area contributed by atoms with Crippen molar-refractivity contribution in [1.82, 2.24) is 0 Å². The van der Waals surface area contributed by atoms with E-state index in [1.54, 1.807) is 36.4 Å². The molecule has 158 valence electrons. The number of ketones is 2. The Morgan fingerprint density at radius 3 is 2.00 bits per heavy atom. The summed E-state index contributed by atoms with van der Waals surface area (Å²) < 4.78 is 33.5. The minimum atomic E-state index is -4.76. The molecule has 0 amide bonds. The van der Waals surface area contributed by atoms with Gasteiger partial charge in [0.05, 0.1) is 22.5 Å². The lowest BCUT2D eigenvalue weighted by atomic mass is 9.82. The van der Waals surface area contributed by atoms with Gasteiger partial charge in [-0.05, 0) is 30.7 Å². The molecule has 4 rings (SSSR count). The average Bonchev–Trinajstić information content (AvgIpc) is 2.72. The van der Waals surface area contributed by atoms with Crippen LogP contribution in [0.25, 0.3) is 0 Å². The van der Waals surface area contributed by atoms with Crippen LogP contribution in [0.4, 0.5) is 17.1 Å². The molecule has 6 N–H and O–H groups in total. The largest absolute Gasteiger partial charge is 0.397 e. The summed E-state index contributed by atoms with van der Waals surface area (Å²) >= 11 is 0. The van der Waals surface area contributed by atoms with Gasteiger partial charge in [-0.25, -0.2) is 0 Å². The molecular formula is C22H19N3O5S. The second kappa shape index (κ2) is 7.31. The van der Waals surface area contributed by atoms with E-state index >= 15 is 0 Å². The number of benzene rings is 3. The van der Waals surface area contributed by atoms with Gasteiger partial charge in [0.1, 0.15) is 4.90 Å². The standard InChI is InChI=1S/C22H19N3O5S/c1-11(23)12-6-8-13(9-7-12)25-16-10-17(31(28,29)30)20(24)19-18(16)21(26)14-4-2-3-5-15(14)22(19)27/h2-11,25H,23-24H2,1H3,(H,28,29,30). The number of hydrogen-bond donors (Lipinski definition) is 4. The molecule has 0 saturated heterocycles. The van der Waals surface area contributed by atoms with E-state index in [4.69, 9.17) is 11.5 Å². The van der Waals surface area contributed by atoms with Gasteiger partial charge < -0.3 is 16.8 Å². The smallest absolute Gasteiger partial charge is 0.296 e. The lowest BCUT2D eigenvalue weighted by molar-refractivity contribution is 0.0980. The third-order valence-electron chi connectivity index (χ3n) is 5.19. The predicted molar refractivity (Wildman–Crippen MR) is 116 cm³/mol. The molecule has 31 heavy (non-hydrogen) atoms. The maximum Gasteiger partial charge on any atom is 0.296 e. The lowest BCUT2D eigenvalue weighted by Crippen LogP contribution is -2.25. The van der Waals surface area contributed by atoms with Crippen molar-refractivity contribution < 1.29 is 22.6 Å². The van der Waals surface area contributed by atoms with E-state index < -0.39 is 32.3 Å². The van der Waals surface area contributed by atoms with Crippen molar-refractivity contribution >= 4 is 38.7 Å². The van der Waals surface area contributed by atoms with Gasteiger partial charge in [-0.2, -0.15) is 8.42 Å². The summed E-state index contributed by atoms with van der Waals surface area (Å²) in [6.45, 7) is 1.83. The van der Waals surface area contributed by atoms with E-state index in [1.165, 1.54) is 12.1 Å². The first-order chi connectivity index (χ1) is 14.6. The lowest BCUT2D eigenvalue weighted by Gasteiger charge is -2.23. The van der Waals surface area contributed by atoms with Crippen LogP contribution in [-0.2, 0) is 10.1 Å². The van der Waals surface area contributed by atoms with Gasteiger partial charge >= 0.3 is 0 Å². The van der Waals surface area contributed by atoms with Crippen LogP contribution in [0.3, 0.4) is 0 Å². The number of hydrogen-bond acceptors (Lipinski definition) is 7. The highest BCUT2D eigenvalue weighted by atomic mass is 32.2. The van der Waals surface area contributed by atoms with Gasteiger partial charge in [-0.15, -0.1) is 0 Å². The minimum absolute atomic E-state index is 0.0400. The zero-order valence-electron chi connectivity index (χ0n) is 16.4. The Labute approximate surface area is 178 Å². The minimum Gasteiger partial charge on any atom is -0.397 e. The van der Waals surface area contributed by atoms with Gasteiger partial charge in [0.15, 0.2) is 11.6 Å². The second-order valence-corrected chi connectivity index (χ2v) is 8.69. The van der Waals surface area contributed by atoms with Crippen LogP contribution < -0.4 is 16.8 Å². The first-order valence-electron chi connectivity index (χ1n) is 9.34. The summed E-state index contributed by atoms with van der Waals surface area (Å²) in [5.74, 6) is -1.07. The molecule has 1 aliphatic carbocycles. The Bertz CT molecular complexity index is 1350. The molecule has 0 aromatic heterocycles. The van der Waals surface area contributed by atoms with E-state index in [0.717, 1.165) is 11.6 Å². The third-order valence-corrected chi connectivity index (χ3v) is 6.09. The molecule has 0 radical (unpaired) electrons. The summed E-state index contributed by atoms with van der Waals surface area (Å²) in [5.41, 5.74) is 12.8. The Hall–Kier alpha value is -3.53. The molecule has 1 aliphatic rings. The highest BCUT2D eigenvalue weighted by Gasteiger charge is 2.36. The quantitative estimate of drug-likeness (QED) is 0.281. The highest BCUT2D eigenvalue weighted by molar-refractivity contribution is 7.86. The normalized spacial score (nSPS) is 14.0. The van der Waals surface area contributed by atoms with Crippen LogP contribution in [-0.4, -0.2) is 24.5 Å². The monoisotopic (exact) mass is 437 g/mol.